The highest BCUT2D eigenvalue weighted by molar-refractivity contribution is 5.99. The van der Waals surface area contributed by atoms with Gasteiger partial charge in [-0.05, 0) is 50.7 Å². The molecule has 1 N–H and O–H groups in total. The van der Waals surface area contributed by atoms with E-state index in [0.29, 0.717) is 32.1 Å². The van der Waals surface area contributed by atoms with Gasteiger partial charge < -0.3 is 19.7 Å². The zero-order chi connectivity index (χ0) is 24.4. The van der Waals surface area contributed by atoms with Gasteiger partial charge >= 0.3 is 0 Å². The van der Waals surface area contributed by atoms with E-state index in [4.69, 9.17) is 0 Å². The molecule has 2 amide bonds. The van der Waals surface area contributed by atoms with Crippen molar-refractivity contribution < 1.29 is 9.59 Å². The first-order valence-electron chi connectivity index (χ1n) is 13.0. The second kappa shape index (κ2) is 10.2. The van der Waals surface area contributed by atoms with E-state index >= 15 is 0 Å². The first kappa shape index (κ1) is 23.6. The molecule has 0 bridgehead atoms. The minimum Gasteiger partial charge on any atom is -0.353 e. The van der Waals surface area contributed by atoms with Crippen molar-refractivity contribution in [2.45, 2.75) is 64.5 Å². The highest BCUT2D eigenvalue weighted by Crippen LogP contribution is 2.25. The number of hydrogen-bond donors (Lipinski definition) is 1. The molecule has 8 nitrogen and oxygen atoms in total. The Hall–Kier alpha value is -3.16. The van der Waals surface area contributed by atoms with Crippen LogP contribution in [-0.4, -0.2) is 58.5 Å². The van der Waals surface area contributed by atoms with Crippen molar-refractivity contribution in [1.29, 1.82) is 0 Å². The molecule has 5 rings (SSSR count). The zero-order valence-electron chi connectivity index (χ0n) is 20.5. The summed E-state index contributed by atoms with van der Waals surface area (Å²) in [6, 6.07) is 6.09. The minimum absolute atomic E-state index is 0.0844. The van der Waals surface area contributed by atoms with Crippen LogP contribution in [0.2, 0.25) is 0 Å². The Labute approximate surface area is 206 Å². The number of nitrogens with zero attached hydrogens (tertiary/aromatic N) is 4. The van der Waals surface area contributed by atoms with E-state index in [-0.39, 0.29) is 29.0 Å². The summed E-state index contributed by atoms with van der Waals surface area (Å²) < 4.78 is 1.92. The van der Waals surface area contributed by atoms with Gasteiger partial charge in [-0.2, -0.15) is 0 Å². The van der Waals surface area contributed by atoms with Crippen molar-refractivity contribution in [3.63, 3.8) is 0 Å². The van der Waals surface area contributed by atoms with Crippen molar-refractivity contribution in [3.05, 3.63) is 57.6 Å². The fraction of sp³-hybridized carbons (Fsp3) is 0.556. The van der Waals surface area contributed by atoms with Gasteiger partial charge in [-0.3, -0.25) is 14.4 Å². The number of pyridine rings is 2. The summed E-state index contributed by atoms with van der Waals surface area (Å²) in [6.07, 6.45) is 11.2. The van der Waals surface area contributed by atoms with Crippen molar-refractivity contribution >= 4 is 17.6 Å². The number of carbonyl (C=O) groups is 2. The molecule has 0 unspecified atom stereocenters. The van der Waals surface area contributed by atoms with Crippen LogP contribution >= 0.6 is 0 Å². The molecule has 0 radical (unpaired) electrons. The van der Waals surface area contributed by atoms with Gasteiger partial charge in [0.05, 0.1) is 0 Å². The van der Waals surface area contributed by atoms with E-state index in [1.54, 1.807) is 17.3 Å². The standard InChI is InChI=1S/C27H35N5O3/c1-19-6-5-9-24(28-19)31-12-14-32(15-13-31)27(35)23-18-30(16-20-7-3-2-4-8-20)17-22(25(23)33)26(34)29-21-10-11-21/h5-6,9,17-18,20-21H,2-4,7-8,10-16H2,1H3,(H,29,34). The van der Waals surface area contributed by atoms with E-state index in [2.05, 4.69) is 15.2 Å². The van der Waals surface area contributed by atoms with Gasteiger partial charge in [-0.1, -0.05) is 25.3 Å². The molecule has 3 heterocycles. The van der Waals surface area contributed by atoms with Crippen molar-refractivity contribution in [2.75, 3.05) is 31.1 Å². The van der Waals surface area contributed by atoms with Crippen LogP contribution in [-0.2, 0) is 6.54 Å². The molecule has 1 saturated heterocycles. The van der Waals surface area contributed by atoms with Crippen LogP contribution in [0.3, 0.4) is 0 Å². The summed E-state index contributed by atoms with van der Waals surface area (Å²) in [5.74, 6) is 0.773. The zero-order valence-corrected chi connectivity index (χ0v) is 20.5. The number of aryl methyl sites for hydroxylation is 1. The third kappa shape index (κ3) is 5.57. The molecule has 3 fully saturated rings. The lowest BCUT2D eigenvalue weighted by Crippen LogP contribution is -2.50. The summed E-state index contributed by atoms with van der Waals surface area (Å²) in [5.41, 5.74) is 0.684. The Bertz CT molecular complexity index is 1140. The van der Waals surface area contributed by atoms with Gasteiger partial charge in [-0.15, -0.1) is 0 Å². The van der Waals surface area contributed by atoms with Gasteiger partial charge in [0, 0.05) is 56.9 Å². The van der Waals surface area contributed by atoms with Gasteiger partial charge in [0.25, 0.3) is 11.8 Å². The van der Waals surface area contributed by atoms with Gasteiger partial charge in [0.15, 0.2) is 0 Å². The molecule has 2 aromatic rings. The van der Waals surface area contributed by atoms with E-state index < -0.39 is 5.43 Å². The molecule has 8 heteroatoms. The molecule has 3 aliphatic rings. The number of rotatable bonds is 6. The normalized spacial score (nSPS) is 19.0. The first-order valence-corrected chi connectivity index (χ1v) is 13.0. The minimum atomic E-state index is -0.462. The van der Waals surface area contributed by atoms with E-state index in [1.165, 1.54) is 19.3 Å². The first-order chi connectivity index (χ1) is 17.0. The Morgan fingerprint density at radius 3 is 2.37 bits per heavy atom. The second-order valence-electron chi connectivity index (χ2n) is 10.3. The topological polar surface area (TPSA) is 87.5 Å². The van der Waals surface area contributed by atoms with Gasteiger partial charge in [0.1, 0.15) is 16.9 Å². The Balaban J connectivity index is 1.36. The average Bonchev–Trinajstić information content (AvgIpc) is 3.69. The van der Waals surface area contributed by atoms with Crippen LogP contribution in [0.25, 0.3) is 0 Å². The Morgan fingerprint density at radius 2 is 1.69 bits per heavy atom. The fourth-order valence-corrected chi connectivity index (χ4v) is 5.22. The highest BCUT2D eigenvalue weighted by Gasteiger charge is 2.29. The monoisotopic (exact) mass is 477 g/mol. The predicted molar refractivity (Wildman–Crippen MR) is 135 cm³/mol. The molecule has 2 aromatic heterocycles. The maximum atomic E-state index is 13.5. The molecule has 2 aliphatic carbocycles. The summed E-state index contributed by atoms with van der Waals surface area (Å²) in [4.78, 5) is 48.2. The average molecular weight is 478 g/mol. The third-order valence-electron chi connectivity index (χ3n) is 7.42. The number of hydrogen-bond acceptors (Lipinski definition) is 5. The SMILES string of the molecule is Cc1cccc(N2CCN(C(=O)c3cn(CC4CCCCC4)cc(C(=O)NC4CC4)c3=O)CC2)n1. The number of nitrogens with one attached hydrogen (secondary N) is 1. The number of aromatic nitrogens is 2. The predicted octanol–water partition coefficient (Wildman–Crippen LogP) is 2.99. The maximum absolute atomic E-state index is 13.5. The molecule has 0 aromatic carbocycles. The Kier molecular flexibility index (Phi) is 6.88. The van der Waals surface area contributed by atoms with Crippen LogP contribution in [0.15, 0.2) is 35.4 Å². The van der Waals surface area contributed by atoms with Crippen molar-refractivity contribution in [2.24, 2.45) is 5.92 Å². The van der Waals surface area contributed by atoms with E-state index in [9.17, 15) is 14.4 Å². The van der Waals surface area contributed by atoms with Crippen LogP contribution in [0.5, 0.6) is 0 Å². The molecular weight excluding hydrogens is 442 g/mol. The number of piperazine rings is 1. The quantitative estimate of drug-likeness (QED) is 0.691. The highest BCUT2D eigenvalue weighted by atomic mass is 16.2. The second-order valence-corrected chi connectivity index (χ2v) is 10.3. The maximum Gasteiger partial charge on any atom is 0.259 e. The molecule has 0 atom stereocenters. The van der Waals surface area contributed by atoms with Crippen LogP contribution < -0.4 is 15.6 Å². The molecule has 2 saturated carbocycles. The summed E-state index contributed by atoms with van der Waals surface area (Å²) in [7, 11) is 0. The number of carbonyl (C=O) groups excluding carboxylic acids is 2. The lowest BCUT2D eigenvalue weighted by Gasteiger charge is -2.35. The third-order valence-corrected chi connectivity index (χ3v) is 7.42. The molecule has 1 aliphatic heterocycles. The summed E-state index contributed by atoms with van der Waals surface area (Å²) in [5, 5.41) is 2.93. The van der Waals surface area contributed by atoms with E-state index in [1.807, 2.05) is 29.7 Å². The summed E-state index contributed by atoms with van der Waals surface area (Å²) in [6.45, 7) is 5.02. The fourth-order valence-electron chi connectivity index (χ4n) is 5.22. The number of amides is 2. The molecular formula is C27H35N5O3. The largest absolute Gasteiger partial charge is 0.353 e. The van der Waals surface area contributed by atoms with E-state index in [0.717, 1.165) is 43.7 Å². The van der Waals surface area contributed by atoms with Crippen LogP contribution in [0, 0.1) is 12.8 Å². The molecule has 0 spiro atoms. The smallest absolute Gasteiger partial charge is 0.259 e. The van der Waals surface area contributed by atoms with Gasteiger partial charge in [0.2, 0.25) is 5.43 Å². The number of anilines is 1. The van der Waals surface area contributed by atoms with Gasteiger partial charge in [-0.25, -0.2) is 4.98 Å². The lowest BCUT2D eigenvalue weighted by molar-refractivity contribution is 0.0744. The van der Waals surface area contributed by atoms with Crippen LogP contribution in [0.4, 0.5) is 5.82 Å². The Morgan fingerprint density at radius 1 is 0.971 bits per heavy atom. The lowest BCUT2D eigenvalue weighted by atomic mass is 9.89. The van der Waals surface area contributed by atoms with Crippen LogP contribution in [0.1, 0.15) is 71.4 Å². The van der Waals surface area contributed by atoms with Crippen molar-refractivity contribution in [1.82, 2.24) is 19.8 Å². The molecule has 35 heavy (non-hydrogen) atoms. The van der Waals surface area contributed by atoms with Crippen molar-refractivity contribution in [3.8, 4) is 0 Å². The summed E-state index contributed by atoms with van der Waals surface area (Å²) >= 11 is 0. The molecule has 186 valence electrons.